The second kappa shape index (κ2) is 7.48. The van der Waals surface area contributed by atoms with Crippen molar-refractivity contribution in [3.8, 4) is 0 Å². The highest BCUT2D eigenvalue weighted by Crippen LogP contribution is 2.29. The Balaban J connectivity index is 3.13. The Hall–Kier alpha value is -2.77. The first-order chi connectivity index (χ1) is 10.6. The molecular weight excluding hydrogens is 300 g/mol. The van der Waals surface area contributed by atoms with Gasteiger partial charge in [0.15, 0.2) is 0 Å². The molecule has 8 nitrogen and oxygen atoms in total. The van der Waals surface area contributed by atoms with Crippen LogP contribution < -0.4 is 5.43 Å². The van der Waals surface area contributed by atoms with Crippen LogP contribution in [0.15, 0.2) is 35.5 Å². The number of anilines is 1. The molecule has 0 fully saturated rings. The fourth-order valence-electron chi connectivity index (χ4n) is 2.51. The number of nitrogens with zero attached hydrogens (tertiary/aromatic N) is 3. The predicted octanol–water partition coefficient (Wildman–Crippen LogP) is 4.14. The van der Waals surface area contributed by atoms with E-state index in [-0.39, 0.29) is 23.2 Å². The molecule has 0 aliphatic carbocycles. The summed E-state index contributed by atoms with van der Waals surface area (Å²) in [6, 6.07) is 3.38. The molecule has 0 aliphatic rings. The summed E-state index contributed by atoms with van der Waals surface area (Å²) in [6.45, 7) is 11.7. The van der Waals surface area contributed by atoms with E-state index in [0.29, 0.717) is 0 Å². The molecule has 1 rings (SSSR count). The molecule has 0 spiro atoms. The highest BCUT2D eigenvalue weighted by molar-refractivity contribution is 5.87. The van der Waals surface area contributed by atoms with Crippen molar-refractivity contribution in [1.29, 1.82) is 0 Å². The average Bonchev–Trinajstić information content (AvgIpc) is 2.43. The molecule has 23 heavy (non-hydrogen) atoms. The van der Waals surface area contributed by atoms with E-state index in [1.165, 1.54) is 12.1 Å². The van der Waals surface area contributed by atoms with Gasteiger partial charge in [-0.05, 0) is 25.8 Å². The first kappa shape index (κ1) is 18.3. The number of rotatable bonds is 7. The van der Waals surface area contributed by atoms with Gasteiger partial charge in [0.2, 0.25) is 0 Å². The quantitative estimate of drug-likeness (QED) is 0.351. The van der Waals surface area contributed by atoms with Gasteiger partial charge >= 0.3 is 5.69 Å². The van der Waals surface area contributed by atoms with Gasteiger partial charge in [-0.15, -0.1) is 0 Å². The zero-order valence-corrected chi connectivity index (χ0v) is 13.6. The van der Waals surface area contributed by atoms with E-state index in [9.17, 15) is 20.2 Å². The average molecular weight is 320 g/mol. The number of non-ortho nitro benzene ring substituents is 1. The molecule has 1 aromatic rings. The van der Waals surface area contributed by atoms with Crippen molar-refractivity contribution in [3.63, 3.8) is 0 Å². The molecule has 0 aromatic heterocycles. The van der Waals surface area contributed by atoms with Crippen LogP contribution in [0, 0.1) is 32.1 Å². The van der Waals surface area contributed by atoms with E-state index in [0.717, 1.165) is 17.4 Å². The molecule has 0 amide bonds. The van der Waals surface area contributed by atoms with Crippen molar-refractivity contribution in [1.82, 2.24) is 0 Å². The minimum Gasteiger partial charge on any atom is -0.272 e. The molecule has 0 saturated carbocycles. The third kappa shape index (κ3) is 4.60. The van der Waals surface area contributed by atoms with E-state index in [2.05, 4.69) is 17.1 Å². The van der Waals surface area contributed by atoms with Crippen LogP contribution in [0.2, 0.25) is 0 Å². The van der Waals surface area contributed by atoms with Gasteiger partial charge in [0.25, 0.3) is 5.69 Å². The van der Waals surface area contributed by atoms with Crippen molar-refractivity contribution in [2.75, 3.05) is 5.43 Å². The van der Waals surface area contributed by atoms with E-state index in [1.54, 1.807) is 0 Å². The minimum atomic E-state index is -0.682. The summed E-state index contributed by atoms with van der Waals surface area (Å²) in [5, 5.41) is 26.0. The normalized spacial score (nSPS) is 12.8. The number of allylic oxidation sites excluding steroid dienone is 1. The van der Waals surface area contributed by atoms with Crippen molar-refractivity contribution >= 4 is 22.8 Å². The fraction of sp³-hybridized carbons (Fsp3) is 0.400. The fourth-order valence-corrected chi connectivity index (χ4v) is 2.51. The Morgan fingerprint density at radius 1 is 1.22 bits per heavy atom. The zero-order valence-electron chi connectivity index (χ0n) is 13.6. The summed E-state index contributed by atoms with van der Waals surface area (Å²) in [4.78, 5) is 20.4. The molecule has 8 heteroatoms. The summed E-state index contributed by atoms with van der Waals surface area (Å²) in [6.07, 6.45) is 0. The maximum absolute atomic E-state index is 11.1. The van der Waals surface area contributed by atoms with Gasteiger partial charge in [-0.2, -0.15) is 5.10 Å². The summed E-state index contributed by atoms with van der Waals surface area (Å²) >= 11 is 0. The van der Waals surface area contributed by atoms with E-state index < -0.39 is 15.5 Å². The van der Waals surface area contributed by atoms with E-state index >= 15 is 0 Å². The Morgan fingerprint density at radius 2 is 1.83 bits per heavy atom. The molecule has 1 unspecified atom stereocenters. The third-order valence-corrected chi connectivity index (χ3v) is 3.39. The molecular formula is C15H20N4O4. The summed E-state index contributed by atoms with van der Waals surface area (Å²) in [5.41, 5.74) is 3.68. The molecule has 1 N–H and O–H groups in total. The van der Waals surface area contributed by atoms with Crippen LogP contribution in [0.3, 0.4) is 0 Å². The van der Waals surface area contributed by atoms with Crippen molar-refractivity contribution in [2.24, 2.45) is 16.9 Å². The topological polar surface area (TPSA) is 111 Å². The van der Waals surface area contributed by atoms with Crippen molar-refractivity contribution in [2.45, 2.75) is 27.7 Å². The molecule has 124 valence electrons. The Bertz CT molecular complexity index is 667. The predicted molar refractivity (Wildman–Crippen MR) is 89.6 cm³/mol. The molecule has 0 bridgehead atoms. The highest BCUT2D eigenvalue weighted by atomic mass is 16.6. The third-order valence-electron chi connectivity index (χ3n) is 3.39. The first-order valence-electron chi connectivity index (χ1n) is 7.03. The number of nitro groups is 2. The van der Waals surface area contributed by atoms with Crippen LogP contribution in [0.1, 0.15) is 27.7 Å². The van der Waals surface area contributed by atoms with Crippen LogP contribution in [-0.4, -0.2) is 15.6 Å². The smallest absolute Gasteiger partial charge is 0.272 e. The SMILES string of the molecule is C=C(C)C(C(C)=NNc1ccc([N+](=O)[O-])cc1[N+](=O)[O-])C(C)C. The van der Waals surface area contributed by atoms with Gasteiger partial charge in [-0.1, -0.05) is 26.0 Å². The maximum atomic E-state index is 11.1. The van der Waals surface area contributed by atoms with Crippen LogP contribution in [0.5, 0.6) is 0 Å². The van der Waals surface area contributed by atoms with Gasteiger partial charge in [0.05, 0.1) is 15.9 Å². The van der Waals surface area contributed by atoms with Crippen LogP contribution >= 0.6 is 0 Å². The first-order valence-corrected chi connectivity index (χ1v) is 7.03. The Kier molecular flexibility index (Phi) is 5.94. The standard InChI is InChI=1S/C15H20N4O4/c1-9(2)15(10(3)4)11(5)16-17-13-7-6-12(18(20)21)8-14(13)19(22)23/h6-8,10,15,17H,1H2,2-5H3. The van der Waals surface area contributed by atoms with Crippen molar-refractivity contribution in [3.05, 3.63) is 50.6 Å². The molecule has 0 radical (unpaired) electrons. The van der Waals surface area contributed by atoms with Crippen molar-refractivity contribution < 1.29 is 9.85 Å². The second-order valence-corrected chi connectivity index (χ2v) is 5.65. The monoisotopic (exact) mass is 320 g/mol. The van der Waals surface area contributed by atoms with E-state index in [1.807, 2.05) is 27.7 Å². The van der Waals surface area contributed by atoms with Gasteiger partial charge in [-0.25, -0.2) is 0 Å². The molecule has 1 aromatic carbocycles. The largest absolute Gasteiger partial charge is 0.301 e. The summed E-state index contributed by atoms with van der Waals surface area (Å²) in [7, 11) is 0. The minimum absolute atomic E-state index is 0.0413. The highest BCUT2D eigenvalue weighted by Gasteiger charge is 2.21. The lowest BCUT2D eigenvalue weighted by Gasteiger charge is -2.20. The van der Waals surface area contributed by atoms with Crippen LogP contribution in [0.25, 0.3) is 0 Å². The number of nitro benzene ring substituents is 2. The molecule has 0 saturated heterocycles. The van der Waals surface area contributed by atoms with Gasteiger partial charge < -0.3 is 0 Å². The van der Waals surface area contributed by atoms with Crippen LogP contribution in [0.4, 0.5) is 17.1 Å². The van der Waals surface area contributed by atoms with Gasteiger partial charge in [-0.3, -0.25) is 25.7 Å². The zero-order chi connectivity index (χ0) is 17.7. The number of hydrogen-bond donors (Lipinski definition) is 1. The molecule has 0 heterocycles. The second-order valence-electron chi connectivity index (χ2n) is 5.65. The Labute approximate surface area is 134 Å². The lowest BCUT2D eigenvalue weighted by Crippen LogP contribution is -2.19. The maximum Gasteiger partial charge on any atom is 0.301 e. The van der Waals surface area contributed by atoms with Crippen LogP contribution in [-0.2, 0) is 0 Å². The number of benzene rings is 1. The Morgan fingerprint density at radius 3 is 2.26 bits per heavy atom. The van der Waals surface area contributed by atoms with Gasteiger partial charge in [0.1, 0.15) is 5.69 Å². The molecule has 0 aliphatic heterocycles. The number of nitrogens with one attached hydrogen (secondary N) is 1. The summed E-state index contributed by atoms with van der Waals surface area (Å²) in [5.74, 6) is 0.324. The lowest BCUT2D eigenvalue weighted by atomic mass is 9.86. The number of hydrazone groups is 1. The summed E-state index contributed by atoms with van der Waals surface area (Å²) < 4.78 is 0. The number of hydrogen-bond acceptors (Lipinski definition) is 6. The van der Waals surface area contributed by atoms with Gasteiger partial charge in [0, 0.05) is 17.7 Å². The molecule has 1 atom stereocenters. The van der Waals surface area contributed by atoms with E-state index in [4.69, 9.17) is 0 Å². The lowest BCUT2D eigenvalue weighted by molar-refractivity contribution is -0.393.